The Morgan fingerprint density at radius 2 is 2.27 bits per heavy atom. The maximum Gasteiger partial charge on any atom is 0.195 e. The van der Waals surface area contributed by atoms with Gasteiger partial charge in [0.15, 0.2) is 10.6 Å². The Morgan fingerprint density at radius 3 is 2.80 bits per heavy atom. The van der Waals surface area contributed by atoms with E-state index in [0.717, 1.165) is 5.82 Å². The second kappa shape index (κ2) is 3.90. The van der Waals surface area contributed by atoms with E-state index < -0.39 is 0 Å². The summed E-state index contributed by atoms with van der Waals surface area (Å²) in [6.45, 7) is 6.31. The maximum atomic E-state index is 5.22. The van der Waals surface area contributed by atoms with E-state index in [1.165, 1.54) is 10.4 Å². The first-order valence-corrected chi connectivity index (χ1v) is 6.11. The van der Waals surface area contributed by atoms with Crippen LogP contribution in [0.4, 0.5) is 0 Å². The number of nitrogens with one attached hydrogen (secondary N) is 1. The van der Waals surface area contributed by atoms with Crippen LogP contribution in [0.5, 0.6) is 0 Å². The number of nitrogens with zero attached hydrogens (tertiary/aromatic N) is 2. The molecule has 5 heteroatoms. The summed E-state index contributed by atoms with van der Waals surface area (Å²) in [5.41, 5.74) is 1.25. The predicted octanol–water partition coefficient (Wildman–Crippen LogP) is 3.56. The van der Waals surface area contributed by atoms with Gasteiger partial charge in [-0.15, -0.1) is 11.3 Å². The van der Waals surface area contributed by atoms with Crippen molar-refractivity contribution >= 4 is 23.6 Å². The maximum absolute atomic E-state index is 5.22. The molecule has 0 fully saturated rings. The van der Waals surface area contributed by atoms with Crippen LogP contribution >= 0.6 is 23.6 Å². The molecule has 0 amide bonds. The third-order valence-corrected chi connectivity index (χ3v) is 3.59. The van der Waals surface area contributed by atoms with Crippen molar-refractivity contribution < 1.29 is 0 Å². The molecule has 0 unspecified atom stereocenters. The lowest BCUT2D eigenvalue weighted by Gasteiger charge is -2.09. The monoisotopic (exact) mass is 239 g/mol. The Hall–Kier alpha value is -0.940. The van der Waals surface area contributed by atoms with Crippen LogP contribution in [0, 0.1) is 11.7 Å². The zero-order valence-electron chi connectivity index (χ0n) is 8.94. The molecule has 2 rings (SSSR count). The van der Waals surface area contributed by atoms with Crippen molar-refractivity contribution in [1.82, 2.24) is 14.8 Å². The molecule has 0 aromatic carbocycles. The highest BCUT2D eigenvalue weighted by Crippen LogP contribution is 2.29. The van der Waals surface area contributed by atoms with Crippen LogP contribution in [-0.2, 0) is 0 Å². The largest absolute Gasteiger partial charge is 0.297 e. The first-order valence-electron chi connectivity index (χ1n) is 4.82. The number of hydrogen-bond acceptors (Lipinski definition) is 3. The van der Waals surface area contributed by atoms with Crippen molar-refractivity contribution in [3.63, 3.8) is 0 Å². The van der Waals surface area contributed by atoms with Crippen LogP contribution in [-0.4, -0.2) is 14.8 Å². The Morgan fingerprint density at radius 1 is 1.53 bits per heavy atom. The quantitative estimate of drug-likeness (QED) is 0.813. The van der Waals surface area contributed by atoms with Crippen molar-refractivity contribution in [2.75, 3.05) is 0 Å². The van der Waals surface area contributed by atoms with Gasteiger partial charge in [-0.1, -0.05) is 0 Å². The Balaban J connectivity index is 2.64. The Kier molecular flexibility index (Phi) is 2.75. The molecule has 0 aliphatic rings. The smallest absolute Gasteiger partial charge is 0.195 e. The average Bonchev–Trinajstić information content (AvgIpc) is 2.71. The van der Waals surface area contributed by atoms with E-state index in [1.807, 2.05) is 4.57 Å². The van der Waals surface area contributed by atoms with E-state index in [2.05, 4.69) is 42.4 Å². The van der Waals surface area contributed by atoms with Crippen molar-refractivity contribution in [2.24, 2.45) is 0 Å². The van der Waals surface area contributed by atoms with E-state index in [9.17, 15) is 0 Å². The summed E-state index contributed by atoms with van der Waals surface area (Å²) in [6.07, 6.45) is 0. The lowest BCUT2D eigenvalue weighted by Crippen LogP contribution is -2.02. The molecule has 0 atom stereocenters. The number of rotatable bonds is 2. The second-order valence-corrected chi connectivity index (χ2v) is 5.05. The van der Waals surface area contributed by atoms with Crippen LogP contribution in [0.15, 0.2) is 11.4 Å². The normalized spacial score (nSPS) is 11.2. The molecule has 1 N–H and O–H groups in total. The molecule has 2 aromatic heterocycles. The molecule has 2 aromatic rings. The summed E-state index contributed by atoms with van der Waals surface area (Å²) in [4.78, 5) is 1.19. The Labute approximate surface area is 97.8 Å². The third-order valence-electron chi connectivity index (χ3n) is 2.29. The number of aromatic amines is 1. The van der Waals surface area contributed by atoms with Crippen molar-refractivity contribution in [2.45, 2.75) is 26.8 Å². The summed E-state index contributed by atoms with van der Waals surface area (Å²) in [5, 5.41) is 9.23. The van der Waals surface area contributed by atoms with Crippen LogP contribution in [0.25, 0.3) is 10.7 Å². The van der Waals surface area contributed by atoms with Crippen molar-refractivity contribution in [1.29, 1.82) is 0 Å². The highest BCUT2D eigenvalue weighted by atomic mass is 32.1. The van der Waals surface area contributed by atoms with Gasteiger partial charge in [0, 0.05) is 6.04 Å². The van der Waals surface area contributed by atoms with Crippen molar-refractivity contribution in [3.8, 4) is 10.7 Å². The molecule has 80 valence electrons. The van der Waals surface area contributed by atoms with E-state index >= 15 is 0 Å². The minimum absolute atomic E-state index is 0.327. The van der Waals surface area contributed by atoms with Crippen molar-refractivity contribution in [3.05, 3.63) is 21.8 Å². The highest BCUT2D eigenvalue weighted by Gasteiger charge is 2.13. The lowest BCUT2D eigenvalue weighted by atomic mass is 10.2. The van der Waals surface area contributed by atoms with Crippen LogP contribution in [0.2, 0.25) is 0 Å². The van der Waals surface area contributed by atoms with Crippen LogP contribution < -0.4 is 0 Å². The third kappa shape index (κ3) is 1.77. The molecule has 0 bridgehead atoms. The van der Waals surface area contributed by atoms with Gasteiger partial charge in [-0.2, -0.15) is 5.10 Å². The summed E-state index contributed by atoms with van der Waals surface area (Å²) in [7, 11) is 0. The molecule has 0 spiro atoms. The standard InChI is InChI=1S/C10H13N3S2/c1-6(2)13-9(11-12-10(13)14)8-7(3)4-5-15-8/h4-6H,1-3H3,(H,12,14). The SMILES string of the molecule is Cc1ccsc1-c1n[nH]c(=S)n1C(C)C. The average molecular weight is 239 g/mol. The zero-order valence-corrected chi connectivity index (χ0v) is 10.6. The van der Waals surface area contributed by atoms with E-state index in [0.29, 0.717) is 10.8 Å². The van der Waals surface area contributed by atoms with E-state index in [1.54, 1.807) is 11.3 Å². The molecule has 3 nitrogen and oxygen atoms in total. The minimum atomic E-state index is 0.327. The first-order chi connectivity index (χ1) is 7.11. The fourth-order valence-electron chi connectivity index (χ4n) is 1.55. The number of aryl methyl sites for hydroxylation is 1. The summed E-state index contributed by atoms with van der Waals surface area (Å²) in [6, 6.07) is 2.43. The van der Waals surface area contributed by atoms with Gasteiger partial charge < -0.3 is 0 Å². The fraction of sp³-hybridized carbons (Fsp3) is 0.400. The van der Waals surface area contributed by atoms with Gasteiger partial charge in [0.1, 0.15) is 0 Å². The van der Waals surface area contributed by atoms with Crippen LogP contribution in [0.3, 0.4) is 0 Å². The van der Waals surface area contributed by atoms with Gasteiger partial charge in [0.2, 0.25) is 0 Å². The summed E-state index contributed by atoms with van der Waals surface area (Å²) < 4.78 is 2.74. The molecule has 0 saturated heterocycles. The molecule has 0 saturated carbocycles. The van der Waals surface area contributed by atoms with Gasteiger partial charge in [0.05, 0.1) is 4.88 Å². The van der Waals surface area contributed by atoms with Gasteiger partial charge >= 0.3 is 0 Å². The molecule has 2 heterocycles. The van der Waals surface area contributed by atoms with Gasteiger partial charge in [-0.3, -0.25) is 9.67 Å². The summed E-state index contributed by atoms with van der Waals surface area (Å²) in [5.74, 6) is 0.947. The van der Waals surface area contributed by atoms with Crippen LogP contribution in [0.1, 0.15) is 25.5 Å². The molecular weight excluding hydrogens is 226 g/mol. The fourth-order valence-corrected chi connectivity index (χ4v) is 2.80. The topological polar surface area (TPSA) is 33.6 Å². The minimum Gasteiger partial charge on any atom is -0.297 e. The number of H-pyrrole nitrogens is 1. The van der Waals surface area contributed by atoms with Gasteiger partial charge in [0.25, 0.3) is 0 Å². The van der Waals surface area contributed by atoms with Gasteiger partial charge in [-0.05, 0) is 50.0 Å². The Bertz CT molecular complexity index is 519. The number of hydrogen-bond donors (Lipinski definition) is 1. The number of aromatic nitrogens is 3. The molecule has 0 aliphatic carbocycles. The molecule has 0 aliphatic heterocycles. The van der Waals surface area contributed by atoms with Gasteiger partial charge in [-0.25, -0.2) is 0 Å². The lowest BCUT2D eigenvalue weighted by molar-refractivity contribution is 0.597. The zero-order chi connectivity index (χ0) is 11.0. The molecule has 0 radical (unpaired) electrons. The van der Waals surface area contributed by atoms with E-state index in [-0.39, 0.29) is 0 Å². The highest BCUT2D eigenvalue weighted by molar-refractivity contribution is 7.71. The summed E-state index contributed by atoms with van der Waals surface area (Å²) >= 11 is 6.91. The van der Waals surface area contributed by atoms with E-state index in [4.69, 9.17) is 12.2 Å². The molecule has 15 heavy (non-hydrogen) atoms. The predicted molar refractivity (Wildman–Crippen MR) is 65.8 cm³/mol. The number of thiophene rings is 1. The first kappa shape index (κ1) is 10.6. The molecular formula is C10H13N3S2. The second-order valence-electron chi connectivity index (χ2n) is 3.75.